The number of benzene rings is 1. The Bertz CT molecular complexity index is 1030. The molecule has 1 saturated heterocycles. The molecule has 1 aromatic heterocycles. The fraction of sp³-hybridized carbons (Fsp3) is 0.524. The van der Waals surface area contributed by atoms with Crippen LogP contribution in [0.15, 0.2) is 29.3 Å². The Labute approximate surface area is 193 Å². The Balaban J connectivity index is 1.76. The second kappa shape index (κ2) is 10.7. The van der Waals surface area contributed by atoms with Gasteiger partial charge in [0.2, 0.25) is 15.9 Å². The molecule has 1 N–H and O–H groups in total. The summed E-state index contributed by atoms with van der Waals surface area (Å²) in [6.45, 7) is 7.75. The monoisotopic (exact) mass is 482 g/mol. The Morgan fingerprint density at radius 2 is 2.06 bits per heavy atom. The summed E-state index contributed by atoms with van der Waals surface area (Å²) in [6, 6.07) is 4.57. The van der Waals surface area contributed by atoms with Gasteiger partial charge < -0.3 is 14.8 Å². The normalized spacial score (nSPS) is 15.3. The van der Waals surface area contributed by atoms with E-state index in [1.54, 1.807) is 17.4 Å². The zero-order chi connectivity index (χ0) is 23.3. The van der Waals surface area contributed by atoms with E-state index in [1.807, 2.05) is 38.9 Å². The first kappa shape index (κ1) is 24.6. The number of rotatable bonds is 9. The second-order valence-corrected chi connectivity index (χ2v) is 11.2. The zero-order valence-corrected chi connectivity index (χ0v) is 20.5. The fourth-order valence-electron chi connectivity index (χ4n) is 3.30. The highest BCUT2D eigenvalue weighted by Crippen LogP contribution is 2.30. The molecule has 0 atom stereocenters. The number of sulfonamides is 1. The number of aromatic nitrogens is 1. The van der Waals surface area contributed by atoms with Gasteiger partial charge in [-0.25, -0.2) is 13.4 Å². The summed E-state index contributed by atoms with van der Waals surface area (Å²) in [5.74, 6) is 0.165. The smallest absolute Gasteiger partial charge is 0.243 e. The molecular formula is C21H30N4O5S2. The Hall–Kier alpha value is -2.05. The predicted octanol–water partition coefficient (Wildman–Crippen LogP) is 2.33. The minimum absolute atomic E-state index is 0.110. The Morgan fingerprint density at radius 1 is 1.34 bits per heavy atom. The number of hydrogen-bond acceptors (Lipinski definition) is 8. The molecule has 0 saturated carbocycles. The quantitative estimate of drug-likeness (QED) is 0.585. The maximum Gasteiger partial charge on any atom is 0.243 e. The summed E-state index contributed by atoms with van der Waals surface area (Å²) in [7, 11) is -1.85. The molecule has 1 aliphatic rings. The number of nitrogens with one attached hydrogen (secondary N) is 1. The lowest BCUT2D eigenvalue weighted by Gasteiger charge is -2.26. The summed E-state index contributed by atoms with van der Waals surface area (Å²) in [4.78, 5) is 20.0. The van der Waals surface area contributed by atoms with Gasteiger partial charge in [0.05, 0.1) is 41.5 Å². The van der Waals surface area contributed by atoms with Crippen molar-refractivity contribution in [3.8, 4) is 5.75 Å². The molecule has 0 bridgehead atoms. The molecule has 11 heteroatoms. The summed E-state index contributed by atoms with van der Waals surface area (Å²) in [5, 5.41) is 3.81. The highest BCUT2D eigenvalue weighted by molar-refractivity contribution is 7.89. The third kappa shape index (κ3) is 6.48. The highest BCUT2D eigenvalue weighted by atomic mass is 32.2. The maximum absolute atomic E-state index is 13.0. The first-order valence-corrected chi connectivity index (χ1v) is 12.7. The number of hydrogen-bond donors (Lipinski definition) is 1. The number of ether oxygens (including phenoxy) is 2. The number of carbonyl (C=O) groups excluding carboxylic acids is 1. The third-order valence-electron chi connectivity index (χ3n) is 4.70. The van der Waals surface area contributed by atoms with Gasteiger partial charge in [-0.2, -0.15) is 4.31 Å². The van der Waals surface area contributed by atoms with Crippen LogP contribution in [0, 0.1) is 6.92 Å². The van der Waals surface area contributed by atoms with E-state index in [9.17, 15) is 13.2 Å². The number of anilines is 1. The minimum atomic E-state index is -3.70. The van der Waals surface area contributed by atoms with Gasteiger partial charge in [-0.15, -0.1) is 11.3 Å². The summed E-state index contributed by atoms with van der Waals surface area (Å²) in [5.41, 5.74) is 0.333. The van der Waals surface area contributed by atoms with Gasteiger partial charge in [0.1, 0.15) is 5.75 Å². The van der Waals surface area contributed by atoms with Crippen LogP contribution in [0.3, 0.4) is 0 Å². The molecule has 0 radical (unpaired) electrons. The van der Waals surface area contributed by atoms with E-state index >= 15 is 0 Å². The number of morpholine rings is 1. The Morgan fingerprint density at radius 3 is 2.69 bits per heavy atom. The van der Waals surface area contributed by atoms with Crippen LogP contribution in [0.4, 0.5) is 5.69 Å². The van der Waals surface area contributed by atoms with E-state index < -0.39 is 10.0 Å². The number of amides is 1. The summed E-state index contributed by atoms with van der Waals surface area (Å²) in [6.07, 6.45) is 1.67. The molecule has 0 unspecified atom stereocenters. The molecule has 9 nitrogen and oxygen atoms in total. The van der Waals surface area contributed by atoms with Crippen molar-refractivity contribution in [3.05, 3.63) is 34.3 Å². The molecule has 1 aliphatic heterocycles. The van der Waals surface area contributed by atoms with Crippen LogP contribution in [-0.2, 0) is 26.1 Å². The number of likely N-dealkylation sites (N-methyl/N-ethyl adjacent to an activating group) is 1. The lowest BCUT2D eigenvalue weighted by atomic mass is 10.2. The molecule has 3 rings (SSSR count). The molecule has 1 fully saturated rings. The molecule has 0 spiro atoms. The fourth-order valence-corrected chi connectivity index (χ4v) is 5.61. The van der Waals surface area contributed by atoms with Gasteiger partial charge in [-0.05, 0) is 46.0 Å². The molecule has 0 aliphatic carbocycles. The van der Waals surface area contributed by atoms with Crippen LogP contribution < -0.4 is 10.1 Å². The van der Waals surface area contributed by atoms with Crippen LogP contribution in [0.2, 0.25) is 0 Å². The highest BCUT2D eigenvalue weighted by Gasteiger charge is 2.27. The van der Waals surface area contributed by atoms with Crippen molar-refractivity contribution >= 4 is 33.0 Å². The lowest BCUT2D eigenvalue weighted by Crippen LogP contribution is -2.40. The zero-order valence-electron chi connectivity index (χ0n) is 18.8. The van der Waals surface area contributed by atoms with E-state index in [2.05, 4.69) is 10.3 Å². The molecule has 1 amide bonds. The topological polar surface area (TPSA) is 101 Å². The van der Waals surface area contributed by atoms with Gasteiger partial charge in [0, 0.05) is 30.7 Å². The van der Waals surface area contributed by atoms with Crippen molar-refractivity contribution < 1.29 is 22.7 Å². The average Bonchev–Trinajstić information content (AvgIpc) is 3.13. The number of carbonyl (C=O) groups is 1. The van der Waals surface area contributed by atoms with Gasteiger partial charge in [0.25, 0.3) is 0 Å². The van der Waals surface area contributed by atoms with E-state index in [4.69, 9.17) is 9.47 Å². The number of thiazole rings is 1. The molecule has 2 heterocycles. The molecule has 176 valence electrons. The predicted molar refractivity (Wildman–Crippen MR) is 124 cm³/mol. The SMILES string of the molecule is Cc1ncc(CN(C)CC(=O)Nc2cc(S(=O)(=O)N3CCOCC3)ccc2OC(C)C)s1. The second-order valence-electron chi connectivity index (χ2n) is 7.91. The maximum atomic E-state index is 13.0. The van der Waals surface area contributed by atoms with Crippen LogP contribution >= 0.6 is 11.3 Å². The molecule has 2 aromatic rings. The van der Waals surface area contributed by atoms with Crippen molar-refractivity contribution in [3.63, 3.8) is 0 Å². The lowest BCUT2D eigenvalue weighted by molar-refractivity contribution is -0.117. The van der Waals surface area contributed by atoms with Crippen LogP contribution in [0.1, 0.15) is 23.7 Å². The van der Waals surface area contributed by atoms with Crippen LogP contribution in [-0.4, -0.2) is 74.5 Å². The van der Waals surface area contributed by atoms with E-state index in [-0.39, 0.29) is 23.5 Å². The van der Waals surface area contributed by atoms with Crippen LogP contribution in [0.5, 0.6) is 5.75 Å². The van der Waals surface area contributed by atoms with Gasteiger partial charge in [-0.3, -0.25) is 9.69 Å². The van der Waals surface area contributed by atoms with Crippen molar-refractivity contribution in [1.29, 1.82) is 0 Å². The first-order chi connectivity index (χ1) is 15.1. The van der Waals surface area contributed by atoms with Crippen LogP contribution in [0.25, 0.3) is 0 Å². The molecule has 32 heavy (non-hydrogen) atoms. The first-order valence-electron chi connectivity index (χ1n) is 10.4. The number of nitrogens with zero attached hydrogens (tertiary/aromatic N) is 3. The summed E-state index contributed by atoms with van der Waals surface area (Å²) >= 11 is 1.59. The van der Waals surface area contributed by atoms with E-state index in [0.717, 1.165) is 9.88 Å². The van der Waals surface area contributed by atoms with E-state index in [1.165, 1.54) is 16.4 Å². The minimum Gasteiger partial charge on any atom is -0.489 e. The molecular weight excluding hydrogens is 452 g/mol. The van der Waals surface area contributed by atoms with Gasteiger partial charge in [0.15, 0.2) is 0 Å². The van der Waals surface area contributed by atoms with Gasteiger partial charge >= 0.3 is 0 Å². The van der Waals surface area contributed by atoms with Gasteiger partial charge in [-0.1, -0.05) is 0 Å². The van der Waals surface area contributed by atoms with E-state index in [0.29, 0.717) is 44.3 Å². The Kier molecular flexibility index (Phi) is 8.23. The largest absolute Gasteiger partial charge is 0.489 e. The van der Waals surface area contributed by atoms with Crippen molar-refractivity contribution in [1.82, 2.24) is 14.2 Å². The van der Waals surface area contributed by atoms with Crippen molar-refractivity contribution in [2.45, 2.75) is 38.3 Å². The molecule has 1 aromatic carbocycles. The average molecular weight is 483 g/mol. The van der Waals surface area contributed by atoms with Crippen molar-refractivity contribution in [2.75, 3.05) is 45.2 Å². The number of aryl methyl sites for hydroxylation is 1. The van der Waals surface area contributed by atoms with Crippen molar-refractivity contribution in [2.24, 2.45) is 0 Å². The summed E-state index contributed by atoms with van der Waals surface area (Å²) < 4.78 is 38.5. The standard InChI is InChI=1S/C21H30N4O5S2/c1-15(2)30-20-6-5-18(32(27,28)25-7-9-29-10-8-25)11-19(20)23-21(26)14-24(4)13-17-12-22-16(3)31-17/h5-6,11-12,15H,7-10,13-14H2,1-4H3,(H,23,26). The third-order valence-corrected chi connectivity index (χ3v) is 7.50.